The van der Waals surface area contributed by atoms with Crippen molar-refractivity contribution in [1.82, 2.24) is 19.4 Å². The Morgan fingerprint density at radius 2 is 2.00 bits per heavy atom. The van der Waals surface area contributed by atoms with Crippen LogP contribution in [0.2, 0.25) is 0 Å². The summed E-state index contributed by atoms with van der Waals surface area (Å²) in [5.74, 6) is -0.383. The number of likely N-dealkylation sites (tertiary alicyclic amines) is 1. The van der Waals surface area contributed by atoms with Gasteiger partial charge < -0.3 is 9.64 Å². The van der Waals surface area contributed by atoms with E-state index in [9.17, 15) is 26.4 Å². The number of benzene rings is 1. The molecule has 31 heavy (non-hydrogen) atoms. The lowest BCUT2D eigenvalue weighted by atomic mass is 10.1. The van der Waals surface area contributed by atoms with Crippen LogP contribution in [0.5, 0.6) is 0 Å². The van der Waals surface area contributed by atoms with Crippen LogP contribution < -0.4 is 4.72 Å². The van der Waals surface area contributed by atoms with E-state index in [0.717, 1.165) is 18.2 Å². The lowest BCUT2D eigenvalue weighted by molar-refractivity contribution is -0.137. The molecule has 0 spiro atoms. The number of hydrogen-bond donors (Lipinski definition) is 1. The quantitative estimate of drug-likeness (QED) is 0.638. The minimum Gasteiger partial charge on any atom is -0.370 e. The van der Waals surface area contributed by atoms with Crippen LogP contribution in [0.25, 0.3) is 0 Å². The number of aromatic nitrogens is 2. The first kappa shape index (κ1) is 23.0. The molecule has 168 valence electrons. The topological polar surface area (TPSA) is 93.5 Å². The van der Waals surface area contributed by atoms with E-state index in [2.05, 4.69) is 16.4 Å². The molecule has 1 aromatic heterocycles. The molecule has 1 N–H and O–H groups in total. The number of nitrogens with zero attached hydrogens (tertiary/aromatic N) is 3. The number of aryl methyl sites for hydroxylation is 1. The van der Waals surface area contributed by atoms with Gasteiger partial charge in [-0.1, -0.05) is 18.7 Å². The summed E-state index contributed by atoms with van der Waals surface area (Å²) in [4.78, 5) is 13.4. The average Bonchev–Trinajstić information content (AvgIpc) is 3.32. The molecule has 12 heteroatoms. The van der Waals surface area contributed by atoms with Crippen LogP contribution in [0.4, 0.5) is 13.2 Å². The van der Waals surface area contributed by atoms with Crippen molar-refractivity contribution in [2.24, 2.45) is 7.05 Å². The first-order chi connectivity index (χ1) is 14.5. The van der Waals surface area contributed by atoms with Gasteiger partial charge in [0.15, 0.2) is 0 Å². The molecule has 2 heterocycles. The number of carbonyl (C=O) groups is 1. The highest BCUT2D eigenvalue weighted by Crippen LogP contribution is 2.29. The van der Waals surface area contributed by atoms with Crippen LogP contribution in [0.3, 0.4) is 0 Å². The summed E-state index contributed by atoms with van der Waals surface area (Å²) in [6, 6.07) is 3.72. The van der Waals surface area contributed by atoms with Crippen LogP contribution in [0.1, 0.15) is 11.1 Å². The Bertz CT molecular complexity index is 1050. The second-order valence-corrected chi connectivity index (χ2v) is 8.78. The first-order valence-electron chi connectivity index (χ1n) is 9.19. The number of carbonyl (C=O) groups excluding carboxylic acids is 1. The maximum absolute atomic E-state index is 12.7. The van der Waals surface area contributed by atoms with Gasteiger partial charge in [-0.2, -0.15) is 18.3 Å². The molecule has 0 aliphatic carbocycles. The minimum atomic E-state index is -4.44. The van der Waals surface area contributed by atoms with E-state index in [1.54, 1.807) is 7.05 Å². The molecule has 1 aliphatic rings. The Morgan fingerprint density at radius 1 is 1.32 bits per heavy atom. The van der Waals surface area contributed by atoms with E-state index in [-0.39, 0.29) is 30.5 Å². The molecular weight excluding hydrogens is 437 g/mol. The van der Waals surface area contributed by atoms with Gasteiger partial charge in [0.25, 0.3) is 0 Å². The van der Waals surface area contributed by atoms with Gasteiger partial charge >= 0.3 is 6.18 Å². The van der Waals surface area contributed by atoms with Crippen LogP contribution in [-0.4, -0.2) is 54.2 Å². The van der Waals surface area contributed by atoms with Crippen LogP contribution in [0, 0.1) is 0 Å². The van der Waals surface area contributed by atoms with Crippen molar-refractivity contribution in [2.75, 3.05) is 13.1 Å². The van der Waals surface area contributed by atoms with E-state index in [1.807, 2.05) is 0 Å². The molecule has 2 atom stereocenters. The SMILES string of the molecule is C=CC(=O)N1C[C@@H](NS(=O)(=O)c2cnn(C)c2)[C@H](OCc2ccc(C(F)(F)F)cc2)C1. The van der Waals surface area contributed by atoms with Crippen molar-refractivity contribution >= 4 is 15.9 Å². The summed E-state index contributed by atoms with van der Waals surface area (Å²) in [6.07, 6.45) is -1.50. The molecule has 1 aromatic carbocycles. The predicted molar refractivity (Wildman–Crippen MR) is 104 cm³/mol. The number of ether oxygens (including phenoxy) is 1. The van der Waals surface area contributed by atoms with Crippen molar-refractivity contribution in [2.45, 2.75) is 29.8 Å². The Kier molecular flexibility index (Phi) is 6.53. The van der Waals surface area contributed by atoms with Gasteiger partial charge in [0.1, 0.15) is 4.90 Å². The average molecular weight is 458 g/mol. The van der Waals surface area contributed by atoms with E-state index >= 15 is 0 Å². The monoisotopic (exact) mass is 458 g/mol. The van der Waals surface area contributed by atoms with Gasteiger partial charge in [-0.15, -0.1) is 0 Å². The van der Waals surface area contributed by atoms with Crippen molar-refractivity contribution in [1.29, 1.82) is 0 Å². The lowest BCUT2D eigenvalue weighted by Gasteiger charge is -2.20. The van der Waals surface area contributed by atoms with Gasteiger partial charge in [-0.3, -0.25) is 9.48 Å². The Labute approximate surface area is 177 Å². The minimum absolute atomic E-state index is 0.0370. The van der Waals surface area contributed by atoms with Crippen LogP contribution in [-0.2, 0) is 39.4 Å². The normalized spacial score (nSPS) is 19.5. The third-order valence-corrected chi connectivity index (χ3v) is 6.24. The van der Waals surface area contributed by atoms with Gasteiger partial charge in [0.05, 0.1) is 30.5 Å². The Hall–Kier alpha value is -2.70. The van der Waals surface area contributed by atoms with Gasteiger partial charge in [0.2, 0.25) is 15.9 Å². The van der Waals surface area contributed by atoms with E-state index in [4.69, 9.17) is 4.74 Å². The molecule has 1 saturated heterocycles. The van der Waals surface area contributed by atoms with E-state index in [0.29, 0.717) is 5.56 Å². The van der Waals surface area contributed by atoms with Crippen molar-refractivity contribution in [3.05, 3.63) is 60.4 Å². The predicted octanol–water partition coefficient (Wildman–Crippen LogP) is 1.70. The van der Waals surface area contributed by atoms with Crippen LogP contribution >= 0.6 is 0 Å². The Balaban J connectivity index is 1.72. The Morgan fingerprint density at radius 3 is 2.55 bits per heavy atom. The lowest BCUT2D eigenvalue weighted by Crippen LogP contribution is -2.43. The number of nitrogens with one attached hydrogen (secondary N) is 1. The molecule has 1 fully saturated rings. The summed E-state index contributed by atoms with van der Waals surface area (Å²) in [5.41, 5.74) is -0.294. The number of alkyl halides is 3. The molecular formula is C19H21F3N4O4S. The molecule has 2 aromatic rings. The molecule has 8 nitrogen and oxygen atoms in total. The summed E-state index contributed by atoms with van der Waals surface area (Å²) in [7, 11) is -2.34. The highest BCUT2D eigenvalue weighted by Gasteiger charge is 2.38. The fraction of sp³-hybridized carbons (Fsp3) is 0.368. The first-order valence-corrected chi connectivity index (χ1v) is 10.7. The second kappa shape index (κ2) is 8.81. The zero-order valence-corrected chi connectivity index (χ0v) is 17.4. The maximum Gasteiger partial charge on any atom is 0.416 e. The smallest absolute Gasteiger partial charge is 0.370 e. The van der Waals surface area contributed by atoms with Gasteiger partial charge in [-0.25, -0.2) is 13.1 Å². The van der Waals surface area contributed by atoms with E-state index < -0.39 is 33.9 Å². The molecule has 1 aliphatic heterocycles. The zero-order valence-electron chi connectivity index (χ0n) is 16.5. The molecule has 0 unspecified atom stereocenters. The second-order valence-electron chi connectivity index (χ2n) is 7.07. The summed E-state index contributed by atoms with van der Waals surface area (Å²) >= 11 is 0. The fourth-order valence-corrected chi connectivity index (χ4v) is 4.40. The number of hydrogen-bond acceptors (Lipinski definition) is 5. The number of halogens is 3. The van der Waals surface area contributed by atoms with Crippen molar-refractivity contribution < 1.29 is 31.1 Å². The summed E-state index contributed by atoms with van der Waals surface area (Å²) < 4.78 is 73.1. The van der Waals surface area contributed by atoms with E-state index in [1.165, 1.54) is 34.1 Å². The maximum atomic E-state index is 12.7. The highest BCUT2D eigenvalue weighted by molar-refractivity contribution is 7.89. The van der Waals surface area contributed by atoms with Crippen molar-refractivity contribution in [3.63, 3.8) is 0 Å². The van der Waals surface area contributed by atoms with Gasteiger partial charge in [0, 0.05) is 26.3 Å². The standard InChI is InChI=1S/C19H21F3N4O4S/c1-3-18(27)26-10-16(24-31(28,29)15-8-23-25(2)9-15)17(11-26)30-12-13-4-6-14(7-5-13)19(20,21)22/h3-9,16-17,24H,1,10-12H2,2H3/t16-,17-/m1/s1. The molecule has 0 saturated carbocycles. The third-order valence-electron chi connectivity index (χ3n) is 4.80. The molecule has 1 amide bonds. The number of amides is 1. The zero-order chi connectivity index (χ0) is 22.8. The molecule has 0 bridgehead atoms. The summed E-state index contributed by atoms with van der Waals surface area (Å²) in [5, 5.41) is 3.84. The van der Waals surface area contributed by atoms with Crippen molar-refractivity contribution in [3.8, 4) is 0 Å². The van der Waals surface area contributed by atoms with Gasteiger partial charge in [-0.05, 0) is 23.8 Å². The molecule has 3 rings (SSSR count). The highest BCUT2D eigenvalue weighted by atomic mass is 32.2. The number of rotatable bonds is 7. The molecule has 0 radical (unpaired) electrons. The number of sulfonamides is 1. The summed E-state index contributed by atoms with van der Waals surface area (Å²) in [6.45, 7) is 3.54. The fourth-order valence-electron chi connectivity index (χ4n) is 3.16. The van der Waals surface area contributed by atoms with Crippen LogP contribution in [0.15, 0.2) is 54.2 Å². The largest absolute Gasteiger partial charge is 0.416 e. The third kappa shape index (κ3) is 5.51.